The van der Waals surface area contributed by atoms with Gasteiger partial charge in [-0.05, 0) is 43.6 Å². The Balaban J connectivity index is 1.85. The van der Waals surface area contributed by atoms with Crippen molar-refractivity contribution in [2.24, 2.45) is 23.2 Å². The molecule has 2 aliphatic heterocycles. The Morgan fingerprint density at radius 1 is 1.27 bits per heavy atom. The van der Waals surface area contributed by atoms with Crippen molar-refractivity contribution in [3.63, 3.8) is 0 Å². The molecule has 0 radical (unpaired) electrons. The molecule has 0 aromatic carbocycles. The molecule has 0 bridgehead atoms. The maximum absolute atomic E-state index is 12.6. The molecule has 0 aromatic rings. The number of unbranched alkanes of at least 4 members (excludes halogenated alkanes) is 1. The van der Waals surface area contributed by atoms with E-state index in [9.17, 15) is 9.90 Å². The van der Waals surface area contributed by atoms with Crippen LogP contribution in [0.4, 0.5) is 0 Å². The van der Waals surface area contributed by atoms with Gasteiger partial charge in [0.2, 0.25) is 0 Å². The van der Waals surface area contributed by atoms with E-state index in [1.807, 2.05) is 0 Å². The predicted molar refractivity (Wildman–Crippen MR) is 113 cm³/mol. The fourth-order valence-corrected chi connectivity index (χ4v) is 5.20. The molecule has 1 saturated carbocycles. The summed E-state index contributed by atoms with van der Waals surface area (Å²) in [5.74, 6) is 0.194. The SMILES string of the molecule is CCCCC(C)(C)CC=C(OC1CCCCO1)[C@@H]1[C@H]2CC(O)O[C@@H]2C[C@H]1C(=O)OC. The Labute approximate surface area is 181 Å². The van der Waals surface area contributed by atoms with Crippen molar-refractivity contribution in [3.05, 3.63) is 11.8 Å². The van der Waals surface area contributed by atoms with E-state index < -0.39 is 6.29 Å². The van der Waals surface area contributed by atoms with Gasteiger partial charge in [0.15, 0.2) is 12.6 Å². The molecule has 3 fully saturated rings. The highest BCUT2D eigenvalue weighted by atomic mass is 16.7. The molecule has 0 amide bonds. The van der Waals surface area contributed by atoms with Gasteiger partial charge in [0.25, 0.3) is 0 Å². The number of methoxy groups -OCH3 is 1. The normalized spacial score (nSPS) is 34.6. The first kappa shape index (κ1) is 23.6. The summed E-state index contributed by atoms with van der Waals surface area (Å²) in [7, 11) is 1.44. The lowest BCUT2D eigenvalue weighted by atomic mass is 9.81. The van der Waals surface area contributed by atoms with Crippen LogP contribution in [0, 0.1) is 23.2 Å². The summed E-state index contributed by atoms with van der Waals surface area (Å²) in [6, 6.07) is 0. The minimum absolute atomic E-state index is 0.0534. The molecule has 1 aliphatic carbocycles. The molecule has 3 aliphatic rings. The van der Waals surface area contributed by atoms with Crippen molar-refractivity contribution in [1.82, 2.24) is 0 Å². The molecule has 6 atom stereocenters. The van der Waals surface area contributed by atoms with Crippen molar-refractivity contribution in [3.8, 4) is 0 Å². The van der Waals surface area contributed by atoms with Crippen molar-refractivity contribution in [1.29, 1.82) is 0 Å². The van der Waals surface area contributed by atoms with Gasteiger partial charge in [0.1, 0.15) is 0 Å². The molecule has 3 rings (SSSR count). The molecule has 172 valence electrons. The minimum atomic E-state index is -0.769. The van der Waals surface area contributed by atoms with Crippen LogP contribution in [0.5, 0.6) is 0 Å². The Bertz CT molecular complexity index is 595. The van der Waals surface area contributed by atoms with Crippen LogP contribution >= 0.6 is 0 Å². The van der Waals surface area contributed by atoms with E-state index in [1.54, 1.807) is 0 Å². The number of carbonyl (C=O) groups excluding carboxylic acids is 1. The average Bonchev–Trinajstić information content (AvgIpc) is 3.26. The molecule has 30 heavy (non-hydrogen) atoms. The lowest BCUT2D eigenvalue weighted by Crippen LogP contribution is -2.31. The monoisotopic (exact) mass is 424 g/mol. The second-order valence-corrected chi connectivity index (χ2v) is 9.91. The number of aliphatic hydroxyl groups is 1. The topological polar surface area (TPSA) is 74.2 Å². The van der Waals surface area contributed by atoms with Crippen LogP contribution in [-0.4, -0.2) is 43.5 Å². The van der Waals surface area contributed by atoms with E-state index in [-0.39, 0.29) is 41.5 Å². The maximum atomic E-state index is 12.6. The molecule has 0 aromatic heterocycles. The lowest BCUT2D eigenvalue weighted by molar-refractivity contribution is -0.156. The second-order valence-electron chi connectivity index (χ2n) is 9.91. The molecule has 0 spiro atoms. The van der Waals surface area contributed by atoms with Gasteiger partial charge in [-0.1, -0.05) is 33.6 Å². The Morgan fingerprint density at radius 2 is 2.07 bits per heavy atom. The summed E-state index contributed by atoms with van der Waals surface area (Å²) in [6.45, 7) is 7.49. The molecule has 2 heterocycles. The number of allylic oxidation sites excluding steroid dienone is 2. The third-order valence-corrected chi connectivity index (χ3v) is 6.97. The van der Waals surface area contributed by atoms with Gasteiger partial charge in [-0.25, -0.2) is 0 Å². The molecule has 2 unspecified atom stereocenters. The van der Waals surface area contributed by atoms with Gasteiger partial charge in [-0.3, -0.25) is 4.79 Å². The third-order valence-electron chi connectivity index (χ3n) is 6.97. The van der Waals surface area contributed by atoms with Gasteiger partial charge < -0.3 is 24.1 Å². The van der Waals surface area contributed by atoms with Crippen LogP contribution in [0.15, 0.2) is 11.8 Å². The highest BCUT2D eigenvalue weighted by Crippen LogP contribution is 2.50. The minimum Gasteiger partial charge on any atom is -0.469 e. The predicted octanol–water partition coefficient (Wildman–Crippen LogP) is 4.55. The van der Waals surface area contributed by atoms with Gasteiger partial charge in [0, 0.05) is 24.7 Å². The lowest BCUT2D eigenvalue weighted by Gasteiger charge is -2.32. The molecule has 2 saturated heterocycles. The van der Waals surface area contributed by atoms with E-state index in [2.05, 4.69) is 26.8 Å². The Hall–Kier alpha value is -1.11. The zero-order chi connectivity index (χ0) is 21.7. The Kier molecular flexibility index (Phi) is 8.22. The second kappa shape index (κ2) is 10.5. The number of rotatable bonds is 9. The zero-order valence-corrected chi connectivity index (χ0v) is 19.1. The van der Waals surface area contributed by atoms with Crippen molar-refractivity contribution < 1.29 is 28.8 Å². The first-order valence-electron chi connectivity index (χ1n) is 11.7. The highest BCUT2D eigenvalue weighted by molar-refractivity contribution is 5.73. The molecular formula is C24H40O6. The number of esters is 1. The van der Waals surface area contributed by atoms with Crippen molar-refractivity contribution in [2.45, 2.75) is 97.2 Å². The third kappa shape index (κ3) is 5.77. The van der Waals surface area contributed by atoms with Crippen LogP contribution < -0.4 is 0 Å². The number of hydrogen-bond donors (Lipinski definition) is 1. The van der Waals surface area contributed by atoms with E-state index in [0.29, 0.717) is 19.4 Å². The van der Waals surface area contributed by atoms with E-state index >= 15 is 0 Å². The quantitative estimate of drug-likeness (QED) is 0.432. The number of ether oxygens (including phenoxy) is 4. The fraction of sp³-hybridized carbons (Fsp3) is 0.875. The number of fused-ring (bicyclic) bond motifs is 1. The standard InChI is InChI=1S/C24H40O6/c1-5-6-11-24(2,3)12-10-18(30-21-9-7-8-13-28-21)22-16-15-20(25)29-19(16)14-17(22)23(26)27-4/h10,16-17,19-22,25H,5-9,11-15H2,1-4H3/t16-,17+,19+,20?,21?,22+/m0/s1. The summed E-state index contributed by atoms with van der Waals surface area (Å²) >= 11 is 0. The number of aliphatic hydroxyl groups excluding tert-OH is 1. The van der Waals surface area contributed by atoms with Gasteiger partial charge in [-0.15, -0.1) is 0 Å². The van der Waals surface area contributed by atoms with E-state index in [4.69, 9.17) is 18.9 Å². The van der Waals surface area contributed by atoms with Crippen LogP contribution in [0.25, 0.3) is 0 Å². The highest BCUT2D eigenvalue weighted by Gasteiger charge is 2.54. The van der Waals surface area contributed by atoms with Gasteiger partial charge >= 0.3 is 5.97 Å². The van der Waals surface area contributed by atoms with Crippen LogP contribution in [-0.2, 0) is 23.7 Å². The Morgan fingerprint density at radius 3 is 2.73 bits per heavy atom. The molecule has 1 N–H and O–H groups in total. The molecular weight excluding hydrogens is 384 g/mol. The fourth-order valence-electron chi connectivity index (χ4n) is 5.20. The number of hydrogen-bond acceptors (Lipinski definition) is 6. The van der Waals surface area contributed by atoms with Crippen molar-refractivity contribution in [2.75, 3.05) is 13.7 Å². The summed E-state index contributed by atoms with van der Waals surface area (Å²) in [5.41, 5.74) is 0.155. The van der Waals surface area contributed by atoms with Crippen LogP contribution in [0.3, 0.4) is 0 Å². The van der Waals surface area contributed by atoms with Crippen LogP contribution in [0.2, 0.25) is 0 Å². The van der Waals surface area contributed by atoms with E-state index in [1.165, 1.54) is 20.0 Å². The van der Waals surface area contributed by atoms with Crippen LogP contribution in [0.1, 0.15) is 78.6 Å². The first-order chi connectivity index (χ1) is 14.3. The summed E-state index contributed by atoms with van der Waals surface area (Å²) in [6.07, 6.45) is 9.48. The summed E-state index contributed by atoms with van der Waals surface area (Å²) in [5, 5.41) is 10.1. The largest absolute Gasteiger partial charge is 0.469 e. The molecule has 6 heteroatoms. The maximum Gasteiger partial charge on any atom is 0.309 e. The first-order valence-corrected chi connectivity index (χ1v) is 11.7. The van der Waals surface area contributed by atoms with E-state index in [0.717, 1.165) is 37.9 Å². The average molecular weight is 425 g/mol. The van der Waals surface area contributed by atoms with Gasteiger partial charge in [-0.2, -0.15) is 0 Å². The summed E-state index contributed by atoms with van der Waals surface area (Å²) in [4.78, 5) is 12.6. The van der Waals surface area contributed by atoms with Crippen molar-refractivity contribution >= 4 is 5.97 Å². The number of carbonyl (C=O) groups is 1. The van der Waals surface area contributed by atoms with Gasteiger partial charge in [0.05, 0.1) is 31.5 Å². The molecule has 6 nitrogen and oxygen atoms in total. The smallest absolute Gasteiger partial charge is 0.309 e. The zero-order valence-electron chi connectivity index (χ0n) is 19.1. The summed E-state index contributed by atoms with van der Waals surface area (Å²) < 4.78 is 23.1.